The van der Waals surface area contributed by atoms with E-state index in [1.54, 1.807) is 24.3 Å². The molecule has 0 aliphatic heterocycles. The van der Waals surface area contributed by atoms with Crippen LogP contribution in [0.3, 0.4) is 0 Å². The van der Waals surface area contributed by atoms with E-state index in [4.69, 9.17) is 9.84 Å². The summed E-state index contributed by atoms with van der Waals surface area (Å²) in [6.45, 7) is 2.32. The van der Waals surface area contributed by atoms with Crippen molar-refractivity contribution in [3.8, 4) is 5.75 Å². The zero-order chi connectivity index (χ0) is 15.2. The SMILES string of the molecule is CC(CNC(=O)Nc1ccccc1OCC(=O)O)C1CC1. The highest BCUT2D eigenvalue weighted by Gasteiger charge is 2.27. The summed E-state index contributed by atoms with van der Waals surface area (Å²) < 4.78 is 5.13. The first-order valence-electron chi connectivity index (χ1n) is 7.04. The van der Waals surface area contributed by atoms with Gasteiger partial charge in [-0.1, -0.05) is 19.1 Å². The second-order valence-electron chi connectivity index (χ2n) is 5.33. The largest absolute Gasteiger partial charge is 0.480 e. The van der Waals surface area contributed by atoms with E-state index in [1.165, 1.54) is 12.8 Å². The van der Waals surface area contributed by atoms with Crippen LogP contribution in [-0.4, -0.2) is 30.3 Å². The lowest BCUT2D eigenvalue weighted by Crippen LogP contribution is -2.33. The van der Waals surface area contributed by atoms with Gasteiger partial charge in [0.2, 0.25) is 0 Å². The smallest absolute Gasteiger partial charge is 0.341 e. The second kappa shape index (κ2) is 6.97. The molecule has 0 heterocycles. The fourth-order valence-corrected chi connectivity index (χ4v) is 2.09. The van der Waals surface area contributed by atoms with Crippen LogP contribution in [0.4, 0.5) is 10.5 Å². The average Bonchev–Trinajstić information content (AvgIpc) is 3.28. The first kappa shape index (κ1) is 15.2. The number of rotatable bonds is 7. The Bertz CT molecular complexity index is 514. The number of carboxylic acid groups (broad SMARTS) is 1. The predicted molar refractivity (Wildman–Crippen MR) is 78.5 cm³/mol. The highest BCUT2D eigenvalue weighted by molar-refractivity contribution is 5.90. The number of carboxylic acids is 1. The van der Waals surface area contributed by atoms with Gasteiger partial charge in [-0.15, -0.1) is 0 Å². The molecule has 1 atom stereocenters. The number of anilines is 1. The van der Waals surface area contributed by atoms with Crippen molar-refractivity contribution in [2.24, 2.45) is 11.8 Å². The van der Waals surface area contributed by atoms with Gasteiger partial charge in [-0.3, -0.25) is 0 Å². The van der Waals surface area contributed by atoms with Crippen molar-refractivity contribution in [1.29, 1.82) is 0 Å². The van der Waals surface area contributed by atoms with Crippen molar-refractivity contribution in [2.45, 2.75) is 19.8 Å². The molecule has 0 spiro atoms. The number of hydrogen-bond acceptors (Lipinski definition) is 3. The maximum absolute atomic E-state index is 11.9. The number of para-hydroxylation sites is 2. The summed E-state index contributed by atoms with van der Waals surface area (Å²) in [4.78, 5) is 22.4. The van der Waals surface area contributed by atoms with E-state index in [0.29, 0.717) is 23.9 Å². The van der Waals surface area contributed by atoms with Crippen LogP contribution < -0.4 is 15.4 Å². The van der Waals surface area contributed by atoms with E-state index in [-0.39, 0.29) is 6.03 Å². The first-order valence-corrected chi connectivity index (χ1v) is 7.04. The monoisotopic (exact) mass is 292 g/mol. The van der Waals surface area contributed by atoms with Gasteiger partial charge in [0.15, 0.2) is 6.61 Å². The van der Waals surface area contributed by atoms with Crippen LogP contribution >= 0.6 is 0 Å². The third-order valence-corrected chi connectivity index (χ3v) is 3.50. The number of nitrogens with one attached hydrogen (secondary N) is 2. The topological polar surface area (TPSA) is 87.7 Å². The second-order valence-corrected chi connectivity index (χ2v) is 5.33. The van der Waals surface area contributed by atoms with Crippen molar-refractivity contribution < 1.29 is 19.4 Å². The van der Waals surface area contributed by atoms with E-state index in [1.807, 2.05) is 0 Å². The third-order valence-electron chi connectivity index (χ3n) is 3.50. The Morgan fingerprint density at radius 3 is 2.76 bits per heavy atom. The molecule has 1 aromatic carbocycles. The van der Waals surface area contributed by atoms with E-state index in [2.05, 4.69) is 17.6 Å². The lowest BCUT2D eigenvalue weighted by atomic mass is 10.1. The van der Waals surface area contributed by atoms with Gasteiger partial charge >= 0.3 is 12.0 Å². The van der Waals surface area contributed by atoms with Crippen LogP contribution in [0.25, 0.3) is 0 Å². The average molecular weight is 292 g/mol. The maximum atomic E-state index is 11.9. The van der Waals surface area contributed by atoms with Crippen LogP contribution in [0.15, 0.2) is 24.3 Å². The molecule has 1 aliphatic carbocycles. The van der Waals surface area contributed by atoms with Gasteiger partial charge in [0.25, 0.3) is 0 Å². The van der Waals surface area contributed by atoms with Crippen molar-refractivity contribution in [3.05, 3.63) is 24.3 Å². The fraction of sp³-hybridized carbons (Fsp3) is 0.467. The molecule has 114 valence electrons. The summed E-state index contributed by atoms with van der Waals surface area (Å²) in [5.74, 6) is 0.489. The van der Waals surface area contributed by atoms with Gasteiger partial charge in [0.1, 0.15) is 5.75 Å². The summed E-state index contributed by atoms with van der Waals surface area (Å²) in [5.41, 5.74) is 0.454. The fourth-order valence-electron chi connectivity index (χ4n) is 2.09. The molecule has 1 fully saturated rings. The molecule has 0 saturated heterocycles. The summed E-state index contributed by atoms with van der Waals surface area (Å²) >= 11 is 0. The normalized spacial score (nSPS) is 15.1. The molecule has 21 heavy (non-hydrogen) atoms. The Labute approximate surface area is 123 Å². The van der Waals surface area contributed by atoms with Crippen LogP contribution in [0.5, 0.6) is 5.75 Å². The quantitative estimate of drug-likeness (QED) is 0.719. The van der Waals surface area contributed by atoms with E-state index in [9.17, 15) is 9.59 Å². The van der Waals surface area contributed by atoms with Crippen molar-refractivity contribution in [2.75, 3.05) is 18.5 Å². The molecule has 0 aromatic heterocycles. The number of ether oxygens (including phenoxy) is 1. The number of carbonyl (C=O) groups is 2. The van der Waals surface area contributed by atoms with Crippen LogP contribution in [0.1, 0.15) is 19.8 Å². The zero-order valence-corrected chi connectivity index (χ0v) is 12.0. The predicted octanol–water partition coefficient (Wildman–Crippen LogP) is 2.32. The molecule has 3 N–H and O–H groups in total. The molecule has 6 nitrogen and oxygen atoms in total. The Morgan fingerprint density at radius 1 is 1.38 bits per heavy atom. The summed E-state index contributed by atoms with van der Waals surface area (Å²) in [6.07, 6.45) is 2.49. The van der Waals surface area contributed by atoms with Gasteiger partial charge in [-0.2, -0.15) is 0 Å². The molecule has 6 heteroatoms. The maximum Gasteiger partial charge on any atom is 0.341 e. The van der Waals surface area contributed by atoms with Gasteiger partial charge in [-0.25, -0.2) is 9.59 Å². The molecular formula is C15H20N2O4. The Balaban J connectivity index is 1.85. The minimum absolute atomic E-state index is 0.311. The molecule has 2 rings (SSSR count). The molecule has 1 aromatic rings. The standard InChI is InChI=1S/C15H20N2O4/c1-10(11-6-7-11)8-16-15(20)17-12-4-2-3-5-13(12)21-9-14(18)19/h2-5,10-11H,6-9H2,1H3,(H,18,19)(H2,16,17,20). The highest BCUT2D eigenvalue weighted by atomic mass is 16.5. The van der Waals surface area contributed by atoms with Crippen molar-refractivity contribution >= 4 is 17.7 Å². The van der Waals surface area contributed by atoms with E-state index < -0.39 is 12.6 Å². The lowest BCUT2D eigenvalue weighted by Gasteiger charge is -2.14. The Kier molecular flexibility index (Phi) is 5.03. The lowest BCUT2D eigenvalue weighted by molar-refractivity contribution is -0.139. The molecule has 1 unspecified atom stereocenters. The molecule has 2 amide bonds. The summed E-state index contributed by atoms with van der Waals surface area (Å²) in [5, 5.41) is 14.1. The number of aliphatic carboxylic acids is 1. The summed E-state index contributed by atoms with van der Waals surface area (Å²) in [7, 11) is 0. The van der Waals surface area contributed by atoms with Gasteiger partial charge in [0, 0.05) is 6.54 Å². The molecule has 1 aliphatic rings. The summed E-state index contributed by atoms with van der Waals surface area (Å²) in [6, 6.07) is 6.44. The highest BCUT2D eigenvalue weighted by Crippen LogP contribution is 2.36. The number of hydrogen-bond donors (Lipinski definition) is 3. The van der Waals surface area contributed by atoms with Crippen molar-refractivity contribution in [3.63, 3.8) is 0 Å². The van der Waals surface area contributed by atoms with Gasteiger partial charge < -0.3 is 20.5 Å². The number of benzene rings is 1. The third kappa shape index (κ3) is 4.98. The minimum atomic E-state index is -1.06. The van der Waals surface area contributed by atoms with Crippen LogP contribution in [0.2, 0.25) is 0 Å². The van der Waals surface area contributed by atoms with Gasteiger partial charge in [0.05, 0.1) is 5.69 Å². The zero-order valence-electron chi connectivity index (χ0n) is 12.0. The number of carbonyl (C=O) groups excluding carboxylic acids is 1. The van der Waals surface area contributed by atoms with Crippen molar-refractivity contribution in [1.82, 2.24) is 5.32 Å². The number of amides is 2. The molecule has 1 saturated carbocycles. The first-order chi connectivity index (χ1) is 10.1. The van der Waals surface area contributed by atoms with Gasteiger partial charge in [-0.05, 0) is 36.8 Å². The Morgan fingerprint density at radius 2 is 2.10 bits per heavy atom. The minimum Gasteiger partial charge on any atom is -0.480 e. The van der Waals surface area contributed by atoms with Crippen LogP contribution in [0, 0.1) is 11.8 Å². The Hall–Kier alpha value is -2.24. The molecule has 0 radical (unpaired) electrons. The van der Waals surface area contributed by atoms with Crippen LogP contribution in [-0.2, 0) is 4.79 Å². The number of urea groups is 1. The molecule has 0 bridgehead atoms. The molecular weight excluding hydrogens is 272 g/mol. The van der Waals surface area contributed by atoms with E-state index >= 15 is 0 Å². The van der Waals surface area contributed by atoms with E-state index in [0.717, 1.165) is 5.92 Å².